The molecule has 1 aliphatic carbocycles. The van der Waals surface area contributed by atoms with Crippen LogP contribution in [0.2, 0.25) is 0 Å². The Hall–Kier alpha value is -2.76. The highest BCUT2D eigenvalue weighted by Gasteiger charge is 2.39. The normalized spacial score (nSPS) is 12.8. The Morgan fingerprint density at radius 3 is 2.82 bits per heavy atom. The molecule has 0 fully saturated rings. The maximum absolute atomic E-state index is 12.6. The van der Waals surface area contributed by atoms with E-state index in [0.29, 0.717) is 6.42 Å². The van der Waals surface area contributed by atoms with Crippen molar-refractivity contribution in [2.75, 3.05) is 6.61 Å². The van der Waals surface area contributed by atoms with Crippen molar-refractivity contribution in [1.82, 2.24) is 4.98 Å². The number of pyridine rings is 1. The average Bonchev–Trinajstić information content (AvgIpc) is 2.88. The monoisotopic (exact) mass is 299 g/mol. The van der Waals surface area contributed by atoms with Crippen LogP contribution in [0.15, 0.2) is 22.7 Å². The summed E-state index contributed by atoms with van der Waals surface area (Å²) < 4.78 is 10.4. The van der Waals surface area contributed by atoms with Crippen LogP contribution in [0.1, 0.15) is 61.6 Å². The zero-order valence-corrected chi connectivity index (χ0v) is 12.1. The van der Waals surface area contributed by atoms with Crippen LogP contribution in [0.3, 0.4) is 0 Å². The number of furan rings is 1. The van der Waals surface area contributed by atoms with Crippen molar-refractivity contribution in [2.45, 2.75) is 20.3 Å². The van der Waals surface area contributed by atoms with Crippen LogP contribution in [-0.2, 0) is 4.74 Å². The van der Waals surface area contributed by atoms with Gasteiger partial charge in [-0.05, 0) is 25.5 Å². The quantitative estimate of drug-likeness (QED) is 0.690. The molecule has 22 heavy (non-hydrogen) atoms. The van der Waals surface area contributed by atoms with Crippen LogP contribution < -0.4 is 0 Å². The number of hydrogen-bond donors (Lipinski definition) is 0. The lowest BCUT2D eigenvalue weighted by Crippen LogP contribution is -2.23. The molecular formula is C16H13NO5. The Morgan fingerprint density at radius 1 is 1.32 bits per heavy atom. The number of ether oxygens (including phenoxy) is 1. The molecule has 6 heteroatoms. The van der Waals surface area contributed by atoms with Gasteiger partial charge in [-0.2, -0.15) is 0 Å². The molecule has 0 saturated heterocycles. The van der Waals surface area contributed by atoms with Crippen molar-refractivity contribution in [3.8, 4) is 0 Å². The number of aromatic nitrogens is 1. The Balaban J connectivity index is 2.16. The molecule has 0 aromatic carbocycles. The molecule has 0 unspecified atom stereocenters. The second-order valence-corrected chi connectivity index (χ2v) is 4.93. The minimum absolute atomic E-state index is 0.0121. The Labute approximate surface area is 126 Å². The number of esters is 1. The van der Waals surface area contributed by atoms with Gasteiger partial charge in [-0.25, -0.2) is 4.79 Å². The zero-order valence-electron chi connectivity index (χ0n) is 12.1. The fourth-order valence-corrected chi connectivity index (χ4v) is 2.44. The van der Waals surface area contributed by atoms with Gasteiger partial charge in [0.25, 0.3) is 0 Å². The van der Waals surface area contributed by atoms with Crippen LogP contribution >= 0.6 is 0 Å². The first-order chi connectivity index (χ1) is 10.6. The summed E-state index contributed by atoms with van der Waals surface area (Å²) in [5.41, 5.74) is 0.181. The highest BCUT2D eigenvalue weighted by atomic mass is 16.5. The Morgan fingerprint density at radius 2 is 2.09 bits per heavy atom. The topological polar surface area (TPSA) is 86.5 Å². The summed E-state index contributed by atoms with van der Waals surface area (Å²) in [6.45, 7) is 3.62. The van der Waals surface area contributed by atoms with Gasteiger partial charge >= 0.3 is 5.97 Å². The van der Waals surface area contributed by atoms with Crippen molar-refractivity contribution < 1.29 is 23.5 Å². The van der Waals surface area contributed by atoms with Gasteiger partial charge in [0.15, 0.2) is 5.76 Å². The molecule has 0 aliphatic heterocycles. The van der Waals surface area contributed by atoms with Crippen molar-refractivity contribution in [2.24, 2.45) is 0 Å². The van der Waals surface area contributed by atoms with E-state index in [9.17, 15) is 14.4 Å². The second-order valence-electron chi connectivity index (χ2n) is 4.93. The number of fused-ring (bicyclic) bond motifs is 2. The number of rotatable bonds is 3. The third kappa shape index (κ3) is 1.95. The molecule has 112 valence electrons. The fraction of sp³-hybridized carbons (Fsp3) is 0.250. The van der Waals surface area contributed by atoms with Crippen molar-refractivity contribution in [1.29, 1.82) is 0 Å². The molecule has 3 rings (SSSR count). The summed E-state index contributed by atoms with van der Waals surface area (Å²) in [6.07, 6.45) is 2.08. The van der Waals surface area contributed by atoms with Crippen LogP contribution in [0, 0.1) is 6.92 Å². The van der Waals surface area contributed by atoms with E-state index in [2.05, 4.69) is 4.98 Å². The standard InChI is InChI=1S/C16H13NO5/c1-3-7-21-16(20)10-8(2)22-15-11(10)14(19)12-9(13(15)18)5-4-6-17-12/h4-6H,3,7H2,1-2H3. The zero-order chi connectivity index (χ0) is 15.9. The van der Waals surface area contributed by atoms with Crippen LogP contribution in [0.25, 0.3) is 0 Å². The lowest BCUT2D eigenvalue weighted by atomic mass is 9.90. The highest BCUT2D eigenvalue weighted by molar-refractivity contribution is 6.29. The largest absolute Gasteiger partial charge is 0.462 e. The maximum Gasteiger partial charge on any atom is 0.342 e. The minimum Gasteiger partial charge on any atom is -0.462 e. The molecule has 0 amide bonds. The maximum atomic E-state index is 12.6. The van der Waals surface area contributed by atoms with Gasteiger partial charge < -0.3 is 9.15 Å². The molecule has 1 aliphatic rings. The van der Waals surface area contributed by atoms with Gasteiger partial charge in [0, 0.05) is 6.20 Å². The molecule has 0 atom stereocenters. The Kier molecular flexibility index (Phi) is 3.36. The lowest BCUT2D eigenvalue weighted by molar-refractivity contribution is 0.0500. The SMILES string of the molecule is CCCOC(=O)c1c(C)oc2c1C(=O)c1ncccc1C2=O. The molecule has 0 bridgehead atoms. The van der Waals surface area contributed by atoms with Crippen LogP contribution in [0.5, 0.6) is 0 Å². The van der Waals surface area contributed by atoms with Crippen LogP contribution in [-0.4, -0.2) is 29.1 Å². The van der Waals surface area contributed by atoms with Gasteiger partial charge in [0.2, 0.25) is 11.6 Å². The van der Waals surface area contributed by atoms with E-state index in [-0.39, 0.29) is 40.5 Å². The molecule has 0 N–H and O–H groups in total. The first-order valence-electron chi connectivity index (χ1n) is 6.91. The summed E-state index contributed by atoms with van der Waals surface area (Å²) in [5.74, 6) is -1.53. The van der Waals surface area contributed by atoms with Gasteiger partial charge in [-0.1, -0.05) is 6.92 Å². The predicted molar refractivity (Wildman–Crippen MR) is 75.1 cm³/mol. The predicted octanol–water partition coefficient (Wildman–Crippen LogP) is 2.33. The average molecular weight is 299 g/mol. The third-order valence-electron chi connectivity index (χ3n) is 3.43. The number of nitrogens with zero attached hydrogens (tertiary/aromatic N) is 1. The second kappa shape index (κ2) is 5.22. The van der Waals surface area contributed by atoms with Crippen molar-refractivity contribution in [3.05, 3.63) is 52.2 Å². The number of ketones is 2. The van der Waals surface area contributed by atoms with Gasteiger partial charge in [-0.3, -0.25) is 14.6 Å². The molecule has 2 heterocycles. The number of hydrogen-bond acceptors (Lipinski definition) is 6. The summed E-state index contributed by atoms with van der Waals surface area (Å²) in [7, 11) is 0. The molecule has 0 spiro atoms. The highest BCUT2D eigenvalue weighted by Crippen LogP contribution is 2.32. The number of carbonyl (C=O) groups is 3. The third-order valence-corrected chi connectivity index (χ3v) is 3.43. The van der Waals surface area contributed by atoms with Crippen molar-refractivity contribution >= 4 is 17.5 Å². The lowest BCUT2D eigenvalue weighted by Gasteiger charge is -2.12. The van der Waals surface area contributed by atoms with Crippen molar-refractivity contribution in [3.63, 3.8) is 0 Å². The molecule has 2 aromatic rings. The molecular weight excluding hydrogens is 286 g/mol. The first-order valence-corrected chi connectivity index (χ1v) is 6.91. The molecule has 0 radical (unpaired) electrons. The minimum atomic E-state index is -0.662. The number of aryl methyl sites for hydroxylation is 1. The van der Waals surface area contributed by atoms with Gasteiger partial charge in [0.05, 0.1) is 17.7 Å². The van der Waals surface area contributed by atoms with E-state index >= 15 is 0 Å². The molecule has 0 saturated carbocycles. The molecule has 6 nitrogen and oxygen atoms in total. The summed E-state index contributed by atoms with van der Waals surface area (Å²) >= 11 is 0. The first kappa shape index (κ1) is 14.2. The fourth-order valence-electron chi connectivity index (χ4n) is 2.44. The number of carbonyl (C=O) groups excluding carboxylic acids is 3. The molecule has 2 aromatic heterocycles. The summed E-state index contributed by atoms with van der Waals surface area (Å²) in [4.78, 5) is 41.1. The van der Waals surface area contributed by atoms with E-state index in [1.165, 1.54) is 19.2 Å². The smallest absolute Gasteiger partial charge is 0.342 e. The Bertz CT molecular complexity index is 803. The summed E-state index contributed by atoms with van der Waals surface area (Å²) in [5, 5.41) is 0. The van der Waals surface area contributed by atoms with Crippen LogP contribution in [0.4, 0.5) is 0 Å². The van der Waals surface area contributed by atoms with E-state index in [4.69, 9.17) is 9.15 Å². The van der Waals surface area contributed by atoms with E-state index in [1.54, 1.807) is 6.07 Å². The summed E-state index contributed by atoms with van der Waals surface area (Å²) in [6, 6.07) is 3.08. The van der Waals surface area contributed by atoms with E-state index in [1.807, 2.05) is 6.92 Å². The van der Waals surface area contributed by atoms with E-state index in [0.717, 1.165) is 0 Å². The van der Waals surface area contributed by atoms with Gasteiger partial charge in [-0.15, -0.1) is 0 Å². The van der Waals surface area contributed by atoms with E-state index < -0.39 is 17.5 Å². The van der Waals surface area contributed by atoms with Gasteiger partial charge in [0.1, 0.15) is 17.0 Å².